The third-order valence-corrected chi connectivity index (χ3v) is 4.64. The third-order valence-electron chi connectivity index (χ3n) is 3.76. The number of nitrogens with zero attached hydrogens (tertiary/aromatic N) is 3. The first kappa shape index (κ1) is 15.0. The van der Waals surface area contributed by atoms with Crippen LogP contribution in [-0.2, 0) is 11.2 Å². The Balaban J connectivity index is 1.57. The maximum Gasteiger partial charge on any atom is 0.230 e. The van der Waals surface area contributed by atoms with Crippen LogP contribution >= 0.6 is 11.3 Å². The van der Waals surface area contributed by atoms with E-state index in [-0.39, 0.29) is 5.91 Å². The van der Waals surface area contributed by atoms with Crippen LogP contribution in [0.5, 0.6) is 0 Å². The highest BCUT2D eigenvalue weighted by Gasteiger charge is 2.12. The zero-order valence-corrected chi connectivity index (χ0v) is 13.3. The molecule has 0 unspecified atom stereocenters. The van der Waals surface area contributed by atoms with Gasteiger partial charge in [-0.25, -0.2) is 0 Å². The second-order valence-electron chi connectivity index (χ2n) is 5.48. The molecule has 0 aromatic carbocycles. The summed E-state index contributed by atoms with van der Waals surface area (Å²) in [6.07, 6.45) is 5.39. The predicted molar refractivity (Wildman–Crippen MR) is 89.4 cm³/mol. The Morgan fingerprint density at radius 3 is 2.59 bits per heavy atom. The number of anilines is 2. The molecule has 0 atom stereocenters. The van der Waals surface area contributed by atoms with Crippen molar-refractivity contribution < 1.29 is 4.79 Å². The van der Waals surface area contributed by atoms with E-state index in [0.29, 0.717) is 12.2 Å². The highest BCUT2D eigenvalue weighted by atomic mass is 32.1. The van der Waals surface area contributed by atoms with Gasteiger partial charge in [-0.2, -0.15) is 0 Å². The summed E-state index contributed by atoms with van der Waals surface area (Å²) in [5.74, 6) is 1.36. The number of carbonyl (C=O) groups excluding carboxylic acids is 1. The number of hydrogen-bond acceptors (Lipinski definition) is 5. The fraction of sp³-hybridized carbons (Fsp3) is 0.438. The minimum absolute atomic E-state index is 0.0562. The fourth-order valence-electron chi connectivity index (χ4n) is 2.62. The molecule has 1 aliphatic rings. The molecule has 6 heteroatoms. The van der Waals surface area contributed by atoms with E-state index in [1.807, 2.05) is 29.6 Å². The topological polar surface area (TPSA) is 58.1 Å². The first-order valence-corrected chi connectivity index (χ1v) is 8.60. The number of rotatable bonds is 4. The van der Waals surface area contributed by atoms with Crippen molar-refractivity contribution >= 4 is 28.9 Å². The maximum absolute atomic E-state index is 11.9. The summed E-state index contributed by atoms with van der Waals surface area (Å²) in [5, 5.41) is 13.2. The van der Waals surface area contributed by atoms with Crippen LogP contribution in [-0.4, -0.2) is 29.2 Å². The molecule has 1 fully saturated rings. The Hall–Kier alpha value is -1.95. The van der Waals surface area contributed by atoms with E-state index >= 15 is 0 Å². The first-order chi connectivity index (χ1) is 10.8. The summed E-state index contributed by atoms with van der Waals surface area (Å²) in [7, 11) is 0. The molecule has 3 rings (SSSR count). The molecule has 1 N–H and O–H groups in total. The van der Waals surface area contributed by atoms with Gasteiger partial charge in [-0.3, -0.25) is 4.79 Å². The monoisotopic (exact) mass is 316 g/mol. The molecule has 0 saturated carbocycles. The highest BCUT2D eigenvalue weighted by molar-refractivity contribution is 7.10. The molecule has 0 spiro atoms. The number of aromatic nitrogens is 2. The van der Waals surface area contributed by atoms with Crippen LogP contribution in [0.25, 0.3) is 0 Å². The van der Waals surface area contributed by atoms with E-state index in [2.05, 4.69) is 20.4 Å². The van der Waals surface area contributed by atoms with Crippen LogP contribution in [0.2, 0.25) is 0 Å². The van der Waals surface area contributed by atoms with Gasteiger partial charge in [-0.05, 0) is 36.4 Å². The zero-order chi connectivity index (χ0) is 15.2. The fourth-order valence-corrected chi connectivity index (χ4v) is 3.32. The Kier molecular flexibility index (Phi) is 5.00. The molecule has 2 aromatic rings. The van der Waals surface area contributed by atoms with Gasteiger partial charge in [0.1, 0.15) is 0 Å². The predicted octanol–water partition coefficient (Wildman–Crippen LogP) is 3.10. The van der Waals surface area contributed by atoms with Crippen molar-refractivity contribution in [3.8, 4) is 0 Å². The first-order valence-electron chi connectivity index (χ1n) is 7.72. The van der Waals surface area contributed by atoms with Gasteiger partial charge in [0.25, 0.3) is 0 Å². The summed E-state index contributed by atoms with van der Waals surface area (Å²) in [5.41, 5.74) is 0. The molecule has 1 amide bonds. The number of thiophene rings is 1. The lowest BCUT2D eigenvalue weighted by atomic mass is 10.2. The Labute approximate surface area is 134 Å². The van der Waals surface area contributed by atoms with Crippen LogP contribution in [0.4, 0.5) is 11.6 Å². The minimum atomic E-state index is -0.0562. The third kappa shape index (κ3) is 4.04. The molecule has 0 aliphatic carbocycles. The Morgan fingerprint density at radius 2 is 1.95 bits per heavy atom. The van der Waals surface area contributed by atoms with Gasteiger partial charge >= 0.3 is 0 Å². The van der Waals surface area contributed by atoms with Gasteiger partial charge in [0.15, 0.2) is 11.6 Å². The molecule has 1 aliphatic heterocycles. The second kappa shape index (κ2) is 7.35. The van der Waals surface area contributed by atoms with Crippen LogP contribution in [0.1, 0.15) is 30.6 Å². The zero-order valence-electron chi connectivity index (χ0n) is 12.5. The second-order valence-corrected chi connectivity index (χ2v) is 6.51. The number of nitrogens with one attached hydrogen (secondary N) is 1. The van der Waals surface area contributed by atoms with Crippen molar-refractivity contribution in [1.29, 1.82) is 0 Å². The van der Waals surface area contributed by atoms with Crippen molar-refractivity contribution in [1.82, 2.24) is 10.2 Å². The van der Waals surface area contributed by atoms with Gasteiger partial charge in [0.05, 0.1) is 6.42 Å². The molecule has 0 radical (unpaired) electrons. The van der Waals surface area contributed by atoms with Crippen LogP contribution in [0, 0.1) is 0 Å². The quantitative estimate of drug-likeness (QED) is 0.941. The van der Waals surface area contributed by atoms with E-state index in [1.54, 1.807) is 11.3 Å². The van der Waals surface area contributed by atoms with Crippen molar-refractivity contribution in [3.63, 3.8) is 0 Å². The molecule has 1 saturated heterocycles. The van der Waals surface area contributed by atoms with Gasteiger partial charge in [-0.15, -0.1) is 21.5 Å². The summed E-state index contributed by atoms with van der Waals surface area (Å²) in [4.78, 5) is 15.3. The van der Waals surface area contributed by atoms with Gasteiger partial charge in [0.2, 0.25) is 5.91 Å². The summed E-state index contributed by atoms with van der Waals surface area (Å²) < 4.78 is 0. The average molecular weight is 316 g/mol. The molecule has 3 heterocycles. The van der Waals surface area contributed by atoms with Crippen molar-refractivity contribution in [2.45, 2.75) is 32.1 Å². The molecule has 5 nitrogen and oxygen atoms in total. The lowest BCUT2D eigenvalue weighted by molar-refractivity contribution is -0.115. The standard InChI is InChI=1S/C16H20N4OS/c21-16(12-13-6-5-11-22-13)17-14-7-8-15(19-18-14)20-9-3-1-2-4-10-20/h5-8,11H,1-4,9-10,12H2,(H,17,18,21). The molecular formula is C16H20N4OS. The SMILES string of the molecule is O=C(Cc1cccs1)Nc1ccc(N2CCCCCC2)nn1. The van der Waals surface area contributed by atoms with Crippen molar-refractivity contribution in [3.05, 3.63) is 34.5 Å². The van der Waals surface area contributed by atoms with E-state index in [1.165, 1.54) is 25.7 Å². The smallest absolute Gasteiger partial charge is 0.230 e. The number of amides is 1. The Morgan fingerprint density at radius 1 is 1.14 bits per heavy atom. The summed E-state index contributed by atoms with van der Waals surface area (Å²) in [6.45, 7) is 2.08. The summed E-state index contributed by atoms with van der Waals surface area (Å²) in [6, 6.07) is 7.68. The Bertz CT molecular complexity index is 589. The lowest BCUT2D eigenvalue weighted by Crippen LogP contribution is -2.25. The lowest BCUT2D eigenvalue weighted by Gasteiger charge is -2.20. The van der Waals surface area contributed by atoms with Crippen LogP contribution in [0.15, 0.2) is 29.6 Å². The van der Waals surface area contributed by atoms with Crippen molar-refractivity contribution in [2.75, 3.05) is 23.3 Å². The summed E-state index contributed by atoms with van der Waals surface area (Å²) >= 11 is 1.58. The van der Waals surface area contributed by atoms with Crippen LogP contribution in [0.3, 0.4) is 0 Å². The molecular weight excluding hydrogens is 296 g/mol. The number of carbonyl (C=O) groups is 1. The van der Waals surface area contributed by atoms with E-state index in [0.717, 1.165) is 23.8 Å². The van der Waals surface area contributed by atoms with E-state index in [9.17, 15) is 4.79 Å². The van der Waals surface area contributed by atoms with Gasteiger partial charge < -0.3 is 10.2 Å². The van der Waals surface area contributed by atoms with E-state index < -0.39 is 0 Å². The van der Waals surface area contributed by atoms with Crippen LogP contribution < -0.4 is 10.2 Å². The van der Waals surface area contributed by atoms with Crippen molar-refractivity contribution in [2.24, 2.45) is 0 Å². The van der Waals surface area contributed by atoms with E-state index in [4.69, 9.17) is 0 Å². The number of hydrogen-bond donors (Lipinski definition) is 1. The molecule has 2 aromatic heterocycles. The molecule has 0 bridgehead atoms. The minimum Gasteiger partial charge on any atom is -0.355 e. The van der Waals surface area contributed by atoms with Gasteiger partial charge in [-0.1, -0.05) is 18.9 Å². The highest BCUT2D eigenvalue weighted by Crippen LogP contribution is 2.17. The molecule has 22 heavy (non-hydrogen) atoms. The maximum atomic E-state index is 11.9. The largest absolute Gasteiger partial charge is 0.355 e. The normalized spacial score (nSPS) is 15.4. The van der Waals surface area contributed by atoms with Gasteiger partial charge in [0, 0.05) is 18.0 Å². The molecule has 116 valence electrons. The average Bonchev–Trinajstić information content (AvgIpc) is 2.87.